The largest absolute Gasteiger partial charge is 0.485 e. The molecule has 31 heavy (non-hydrogen) atoms. The quantitative estimate of drug-likeness (QED) is 0.471. The van der Waals surface area contributed by atoms with Crippen molar-refractivity contribution in [2.75, 3.05) is 12.4 Å². The lowest BCUT2D eigenvalue weighted by Crippen LogP contribution is -2.33. The van der Waals surface area contributed by atoms with Gasteiger partial charge < -0.3 is 4.74 Å². The maximum absolute atomic E-state index is 13.0. The molecule has 0 aromatic carbocycles. The average Bonchev–Trinajstić information content (AvgIpc) is 3.52. The summed E-state index contributed by atoms with van der Waals surface area (Å²) in [5, 5.41) is -0.00194. The molecule has 4 rings (SSSR count). The summed E-state index contributed by atoms with van der Waals surface area (Å²) in [5.74, 6) is -4.18. The van der Waals surface area contributed by atoms with Crippen molar-refractivity contribution >= 4 is 15.5 Å². The Morgan fingerprint density at radius 3 is 2.55 bits per heavy atom. The highest BCUT2D eigenvalue weighted by atomic mass is 32.2. The zero-order chi connectivity index (χ0) is 22.4. The van der Waals surface area contributed by atoms with Gasteiger partial charge in [-0.1, -0.05) is 13.0 Å². The summed E-state index contributed by atoms with van der Waals surface area (Å²) in [6.07, 6.45) is 1.10. The van der Waals surface area contributed by atoms with Gasteiger partial charge in [0, 0.05) is 6.20 Å². The second-order valence-electron chi connectivity index (χ2n) is 7.36. The number of pyridine rings is 2. The van der Waals surface area contributed by atoms with E-state index in [0.29, 0.717) is 11.6 Å². The van der Waals surface area contributed by atoms with Crippen LogP contribution in [0, 0.1) is 0 Å². The lowest BCUT2D eigenvalue weighted by molar-refractivity contribution is -0.148. The molecule has 0 saturated heterocycles. The molecule has 1 aliphatic carbocycles. The molecule has 1 saturated carbocycles. The van der Waals surface area contributed by atoms with E-state index in [0.717, 1.165) is 24.6 Å². The van der Waals surface area contributed by atoms with Crippen molar-refractivity contribution in [3.05, 3.63) is 42.2 Å². The van der Waals surface area contributed by atoms with Crippen molar-refractivity contribution in [2.45, 2.75) is 43.1 Å². The molecule has 3 heterocycles. The summed E-state index contributed by atoms with van der Waals surface area (Å²) in [5.41, 5.74) is 1.78. The van der Waals surface area contributed by atoms with Gasteiger partial charge in [0.2, 0.25) is 0 Å². The SMILES string of the molecule is CCS(=O)(=O)c1c(-c2ccc(OCC(F)(F)C(F)F)cn2)nc2ccc(C3CC3)cn12. The monoisotopic (exact) mass is 457 g/mol. The Labute approximate surface area is 175 Å². The molecule has 0 spiro atoms. The first-order valence-electron chi connectivity index (χ1n) is 9.62. The first-order valence-corrected chi connectivity index (χ1v) is 11.3. The van der Waals surface area contributed by atoms with Crippen LogP contribution in [0.25, 0.3) is 17.0 Å². The highest BCUT2D eigenvalue weighted by Crippen LogP contribution is 2.40. The number of hydrogen-bond donors (Lipinski definition) is 0. The summed E-state index contributed by atoms with van der Waals surface area (Å²) < 4.78 is 82.5. The molecule has 0 amide bonds. The third kappa shape index (κ3) is 4.23. The van der Waals surface area contributed by atoms with Gasteiger partial charge in [0.15, 0.2) is 21.5 Å². The minimum Gasteiger partial charge on any atom is -0.485 e. The van der Waals surface area contributed by atoms with Crippen molar-refractivity contribution in [3.63, 3.8) is 0 Å². The van der Waals surface area contributed by atoms with Gasteiger partial charge in [-0.2, -0.15) is 8.78 Å². The van der Waals surface area contributed by atoms with Gasteiger partial charge in [-0.05, 0) is 42.5 Å². The minimum atomic E-state index is -4.29. The summed E-state index contributed by atoms with van der Waals surface area (Å²) >= 11 is 0. The van der Waals surface area contributed by atoms with E-state index in [4.69, 9.17) is 4.74 Å². The molecule has 0 N–H and O–H groups in total. The zero-order valence-corrected chi connectivity index (χ0v) is 17.3. The number of sulfone groups is 1. The van der Waals surface area contributed by atoms with Gasteiger partial charge in [-0.25, -0.2) is 22.2 Å². The van der Waals surface area contributed by atoms with E-state index in [9.17, 15) is 26.0 Å². The molecule has 0 radical (unpaired) electrons. The van der Waals surface area contributed by atoms with Crippen LogP contribution in [-0.2, 0) is 9.84 Å². The molecule has 3 aromatic heterocycles. The normalized spacial score (nSPS) is 15.0. The van der Waals surface area contributed by atoms with Gasteiger partial charge in [0.05, 0.1) is 17.6 Å². The molecule has 1 fully saturated rings. The fourth-order valence-corrected chi connectivity index (χ4v) is 4.31. The van der Waals surface area contributed by atoms with Crippen LogP contribution in [0.5, 0.6) is 5.75 Å². The third-order valence-electron chi connectivity index (χ3n) is 5.05. The van der Waals surface area contributed by atoms with Crippen LogP contribution < -0.4 is 4.74 Å². The number of rotatable bonds is 8. The molecule has 3 aromatic rings. The maximum Gasteiger partial charge on any atom is 0.340 e. The van der Waals surface area contributed by atoms with Gasteiger partial charge in [-0.3, -0.25) is 9.38 Å². The Balaban J connectivity index is 1.71. The molecule has 0 unspecified atom stereocenters. The second kappa shape index (κ2) is 7.77. The first kappa shape index (κ1) is 21.5. The lowest BCUT2D eigenvalue weighted by atomic mass is 10.2. The van der Waals surface area contributed by atoms with Crippen LogP contribution in [0.4, 0.5) is 17.6 Å². The van der Waals surface area contributed by atoms with E-state index in [1.807, 2.05) is 6.07 Å². The number of halogens is 4. The van der Waals surface area contributed by atoms with Crippen LogP contribution in [0.3, 0.4) is 0 Å². The Bertz CT molecular complexity index is 1210. The summed E-state index contributed by atoms with van der Waals surface area (Å²) in [7, 11) is -3.68. The fraction of sp³-hybridized carbons (Fsp3) is 0.400. The molecule has 0 atom stereocenters. The second-order valence-corrected chi connectivity index (χ2v) is 9.56. The topological polar surface area (TPSA) is 73.6 Å². The molecular formula is C20H19F4N3O3S. The van der Waals surface area contributed by atoms with E-state index < -0.39 is 28.8 Å². The smallest absolute Gasteiger partial charge is 0.340 e. The predicted molar refractivity (Wildman–Crippen MR) is 105 cm³/mol. The van der Waals surface area contributed by atoms with E-state index >= 15 is 0 Å². The zero-order valence-electron chi connectivity index (χ0n) is 16.4. The Morgan fingerprint density at radius 2 is 1.97 bits per heavy atom. The van der Waals surface area contributed by atoms with Gasteiger partial charge in [0.25, 0.3) is 0 Å². The van der Waals surface area contributed by atoms with E-state index in [2.05, 4.69) is 9.97 Å². The standard InChI is InChI=1S/C20H19F4N3O3S/c1-2-31(28,29)18-17(26-16-8-5-13(10-27(16)18)12-3-4-12)15-7-6-14(9-25-15)30-11-20(23,24)19(21)22/h5-10,12,19H,2-4,11H2,1H3. The minimum absolute atomic E-state index is 0.00194. The summed E-state index contributed by atoms with van der Waals surface area (Å²) in [6, 6.07) is 6.27. The van der Waals surface area contributed by atoms with Crippen LogP contribution in [0.2, 0.25) is 0 Å². The Hall–Kier alpha value is -2.69. The lowest BCUT2D eigenvalue weighted by Gasteiger charge is -2.15. The number of fused-ring (bicyclic) bond motifs is 1. The van der Waals surface area contributed by atoms with Crippen LogP contribution in [-0.4, -0.2) is 47.5 Å². The van der Waals surface area contributed by atoms with Crippen molar-refractivity contribution in [2.24, 2.45) is 0 Å². The number of imidazole rings is 1. The van der Waals surface area contributed by atoms with Crippen LogP contribution in [0.1, 0.15) is 31.2 Å². The number of alkyl halides is 4. The predicted octanol–water partition coefficient (Wildman–Crippen LogP) is 4.35. The van der Waals surface area contributed by atoms with Crippen molar-refractivity contribution < 1.29 is 30.7 Å². The van der Waals surface area contributed by atoms with Crippen molar-refractivity contribution in [1.29, 1.82) is 0 Å². The maximum atomic E-state index is 13.0. The van der Waals surface area contributed by atoms with Crippen LogP contribution >= 0.6 is 0 Å². The number of ether oxygens (including phenoxy) is 1. The van der Waals surface area contributed by atoms with E-state index in [1.165, 1.54) is 23.5 Å². The van der Waals surface area contributed by atoms with Gasteiger partial charge >= 0.3 is 12.3 Å². The van der Waals surface area contributed by atoms with Crippen molar-refractivity contribution in [3.8, 4) is 17.1 Å². The van der Waals surface area contributed by atoms with E-state index in [1.54, 1.807) is 12.3 Å². The van der Waals surface area contributed by atoms with Gasteiger partial charge in [-0.15, -0.1) is 0 Å². The first-order chi connectivity index (χ1) is 14.6. The van der Waals surface area contributed by atoms with Crippen molar-refractivity contribution in [1.82, 2.24) is 14.4 Å². The Kier molecular flexibility index (Phi) is 5.40. The number of nitrogens with zero attached hydrogens (tertiary/aromatic N) is 3. The molecular weight excluding hydrogens is 438 g/mol. The fourth-order valence-electron chi connectivity index (χ4n) is 3.15. The average molecular weight is 457 g/mol. The van der Waals surface area contributed by atoms with Crippen LogP contribution in [0.15, 0.2) is 41.7 Å². The summed E-state index contributed by atoms with van der Waals surface area (Å²) in [6.45, 7) is 0.0241. The molecule has 6 nitrogen and oxygen atoms in total. The summed E-state index contributed by atoms with van der Waals surface area (Å²) in [4.78, 5) is 8.49. The molecule has 1 aliphatic rings. The molecule has 11 heteroatoms. The molecule has 0 bridgehead atoms. The third-order valence-corrected chi connectivity index (χ3v) is 6.79. The number of hydrogen-bond acceptors (Lipinski definition) is 5. The number of aromatic nitrogens is 3. The van der Waals surface area contributed by atoms with E-state index in [-0.39, 0.29) is 27.9 Å². The highest BCUT2D eigenvalue weighted by Gasteiger charge is 2.41. The van der Waals surface area contributed by atoms with Gasteiger partial charge in [0.1, 0.15) is 17.1 Å². The molecule has 0 aliphatic heterocycles. The highest BCUT2D eigenvalue weighted by molar-refractivity contribution is 7.91. The Morgan fingerprint density at radius 1 is 1.23 bits per heavy atom. The molecule has 166 valence electrons.